The first-order valence-corrected chi connectivity index (χ1v) is 10.7. The van der Waals surface area contributed by atoms with Gasteiger partial charge in [0.2, 0.25) is 11.8 Å². The second-order valence-electron chi connectivity index (χ2n) is 9.41. The molecule has 3 rings (SSSR count). The number of benzene rings is 1. The predicted octanol–water partition coefficient (Wildman–Crippen LogP) is 3.91. The summed E-state index contributed by atoms with van der Waals surface area (Å²) in [5.74, 6) is 0.795. The molecule has 1 aliphatic carbocycles. The number of para-hydroxylation sites is 1. The largest absolute Gasteiger partial charge is 0.350 e. The van der Waals surface area contributed by atoms with Gasteiger partial charge in [-0.25, -0.2) is 0 Å². The molecule has 1 aliphatic heterocycles. The Hall–Kier alpha value is -1.88. The van der Waals surface area contributed by atoms with E-state index in [1.165, 1.54) is 31.2 Å². The van der Waals surface area contributed by atoms with Crippen molar-refractivity contribution < 1.29 is 9.59 Å². The smallest absolute Gasteiger partial charge is 0.234 e. The van der Waals surface area contributed by atoms with Gasteiger partial charge in [0, 0.05) is 17.1 Å². The van der Waals surface area contributed by atoms with Crippen molar-refractivity contribution in [2.75, 3.05) is 25.0 Å². The minimum Gasteiger partial charge on any atom is -0.350 e. The second kappa shape index (κ2) is 9.08. The van der Waals surface area contributed by atoms with Crippen LogP contribution in [-0.2, 0) is 9.59 Å². The summed E-state index contributed by atoms with van der Waals surface area (Å²) < 4.78 is 0. The Labute approximate surface area is 169 Å². The van der Waals surface area contributed by atoms with Crippen molar-refractivity contribution >= 4 is 17.5 Å². The van der Waals surface area contributed by atoms with E-state index >= 15 is 0 Å². The molecule has 28 heavy (non-hydrogen) atoms. The zero-order chi connectivity index (χ0) is 20.1. The summed E-state index contributed by atoms with van der Waals surface area (Å²) in [5, 5.41) is 6.21. The molecule has 5 nitrogen and oxygen atoms in total. The molecular weight excluding hydrogens is 350 g/mol. The molecule has 0 bridgehead atoms. The zero-order valence-corrected chi connectivity index (χ0v) is 17.6. The van der Waals surface area contributed by atoms with Crippen LogP contribution in [0.15, 0.2) is 24.3 Å². The average molecular weight is 386 g/mol. The van der Waals surface area contributed by atoms with E-state index in [1.807, 2.05) is 32.9 Å². The minimum absolute atomic E-state index is 0.0264. The van der Waals surface area contributed by atoms with Crippen LogP contribution >= 0.6 is 0 Å². The number of rotatable bonds is 5. The molecule has 2 fully saturated rings. The van der Waals surface area contributed by atoms with Crippen LogP contribution in [0.4, 0.5) is 5.69 Å². The first kappa shape index (κ1) is 20.8. The highest BCUT2D eigenvalue weighted by Crippen LogP contribution is 2.37. The van der Waals surface area contributed by atoms with Crippen molar-refractivity contribution in [3.05, 3.63) is 29.8 Å². The maximum Gasteiger partial charge on any atom is 0.234 e. The van der Waals surface area contributed by atoms with Gasteiger partial charge in [-0.1, -0.05) is 31.0 Å². The molecule has 0 aromatic heterocycles. The number of anilines is 1. The third kappa shape index (κ3) is 5.81. The van der Waals surface area contributed by atoms with Crippen LogP contribution < -0.4 is 10.6 Å². The molecular formula is C23H35N3O2. The van der Waals surface area contributed by atoms with Crippen LogP contribution in [0.5, 0.6) is 0 Å². The van der Waals surface area contributed by atoms with Gasteiger partial charge in [-0.05, 0) is 77.1 Å². The standard InChI is InChI=1S/C23H35N3O2/c1-23(2,3)25-21(27)16-26-14-12-18(13-15-26)22(28)24-20-11-7-6-10-19(20)17-8-4-5-9-17/h6-7,10-11,17-18H,4-5,8-9,12-16H2,1-3H3,(H,24,28)(H,25,27). The third-order valence-electron chi connectivity index (χ3n) is 5.85. The van der Waals surface area contributed by atoms with Gasteiger partial charge in [-0.2, -0.15) is 0 Å². The molecule has 1 saturated carbocycles. The van der Waals surface area contributed by atoms with Crippen LogP contribution in [0.25, 0.3) is 0 Å². The lowest BCUT2D eigenvalue weighted by Crippen LogP contribution is -2.48. The van der Waals surface area contributed by atoms with Crippen LogP contribution in [0.3, 0.4) is 0 Å². The van der Waals surface area contributed by atoms with E-state index in [2.05, 4.69) is 27.7 Å². The number of nitrogens with one attached hydrogen (secondary N) is 2. The van der Waals surface area contributed by atoms with Crippen molar-refractivity contribution in [1.29, 1.82) is 0 Å². The lowest BCUT2D eigenvalue weighted by atomic mass is 9.93. The molecule has 1 aromatic rings. The Morgan fingerprint density at radius 2 is 1.68 bits per heavy atom. The van der Waals surface area contributed by atoms with E-state index in [4.69, 9.17) is 0 Å². The fraction of sp³-hybridized carbons (Fsp3) is 0.652. The molecule has 0 spiro atoms. The monoisotopic (exact) mass is 385 g/mol. The Balaban J connectivity index is 1.50. The highest BCUT2D eigenvalue weighted by Gasteiger charge is 2.28. The molecule has 1 saturated heterocycles. The Kier molecular flexibility index (Phi) is 6.76. The van der Waals surface area contributed by atoms with Gasteiger partial charge >= 0.3 is 0 Å². The summed E-state index contributed by atoms with van der Waals surface area (Å²) in [6.45, 7) is 7.97. The minimum atomic E-state index is -0.206. The van der Waals surface area contributed by atoms with E-state index in [9.17, 15) is 9.59 Å². The van der Waals surface area contributed by atoms with Gasteiger partial charge in [0.15, 0.2) is 0 Å². The van der Waals surface area contributed by atoms with Gasteiger partial charge < -0.3 is 10.6 Å². The van der Waals surface area contributed by atoms with E-state index in [1.54, 1.807) is 0 Å². The maximum atomic E-state index is 12.8. The van der Waals surface area contributed by atoms with Crippen molar-refractivity contribution in [2.45, 2.75) is 70.8 Å². The fourth-order valence-electron chi connectivity index (χ4n) is 4.45. The third-order valence-corrected chi connectivity index (χ3v) is 5.85. The lowest BCUT2D eigenvalue weighted by molar-refractivity contribution is -0.124. The first-order chi connectivity index (χ1) is 13.3. The first-order valence-electron chi connectivity index (χ1n) is 10.7. The second-order valence-corrected chi connectivity index (χ2v) is 9.41. The highest BCUT2D eigenvalue weighted by atomic mass is 16.2. The van der Waals surface area contributed by atoms with Gasteiger partial charge in [0.25, 0.3) is 0 Å². The molecule has 154 valence electrons. The number of likely N-dealkylation sites (tertiary alicyclic amines) is 1. The summed E-state index contributed by atoms with van der Waals surface area (Å²) in [4.78, 5) is 27.1. The number of hydrogen-bond donors (Lipinski definition) is 2. The molecule has 2 aliphatic rings. The van der Waals surface area contributed by atoms with Gasteiger partial charge in [-0.3, -0.25) is 14.5 Å². The highest BCUT2D eigenvalue weighted by molar-refractivity contribution is 5.93. The Morgan fingerprint density at radius 1 is 1.04 bits per heavy atom. The quantitative estimate of drug-likeness (QED) is 0.808. The van der Waals surface area contributed by atoms with Crippen molar-refractivity contribution in [2.24, 2.45) is 5.92 Å². The normalized spacial score (nSPS) is 19.5. The zero-order valence-electron chi connectivity index (χ0n) is 17.6. The number of piperidine rings is 1. The molecule has 2 amide bonds. The SMILES string of the molecule is CC(C)(C)NC(=O)CN1CCC(C(=O)Nc2ccccc2C2CCCC2)CC1. The number of carbonyl (C=O) groups excluding carboxylic acids is 2. The number of nitrogens with zero attached hydrogens (tertiary/aromatic N) is 1. The Morgan fingerprint density at radius 3 is 2.32 bits per heavy atom. The van der Waals surface area contributed by atoms with Crippen LogP contribution in [0, 0.1) is 5.92 Å². The fourth-order valence-corrected chi connectivity index (χ4v) is 4.45. The van der Waals surface area contributed by atoms with E-state index in [0.717, 1.165) is 31.6 Å². The van der Waals surface area contributed by atoms with Gasteiger partial charge in [0.1, 0.15) is 0 Å². The Bertz CT molecular complexity index is 681. The molecule has 5 heteroatoms. The van der Waals surface area contributed by atoms with E-state index < -0.39 is 0 Å². The summed E-state index contributed by atoms with van der Waals surface area (Å²) in [6.07, 6.45) is 6.63. The van der Waals surface area contributed by atoms with Crippen LogP contribution in [0.1, 0.15) is 70.8 Å². The van der Waals surface area contributed by atoms with E-state index in [0.29, 0.717) is 12.5 Å². The topological polar surface area (TPSA) is 61.4 Å². The number of carbonyl (C=O) groups is 2. The van der Waals surface area contributed by atoms with Crippen molar-refractivity contribution in [1.82, 2.24) is 10.2 Å². The molecule has 2 N–H and O–H groups in total. The molecule has 0 unspecified atom stereocenters. The van der Waals surface area contributed by atoms with Gasteiger partial charge in [0.05, 0.1) is 6.54 Å². The van der Waals surface area contributed by atoms with Crippen molar-refractivity contribution in [3.8, 4) is 0 Å². The molecule has 0 atom stereocenters. The summed E-state index contributed by atoms with van der Waals surface area (Å²) in [5.41, 5.74) is 2.08. The number of amides is 2. The molecule has 0 radical (unpaired) electrons. The number of hydrogen-bond acceptors (Lipinski definition) is 3. The summed E-state index contributed by atoms with van der Waals surface area (Å²) in [7, 11) is 0. The van der Waals surface area contributed by atoms with E-state index in [-0.39, 0.29) is 23.3 Å². The summed E-state index contributed by atoms with van der Waals surface area (Å²) in [6, 6.07) is 8.29. The van der Waals surface area contributed by atoms with Crippen LogP contribution in [0.2, 0.25) is 0 Å². The maximum absolute atomic E-state index is 12.8. The van der Waals surface area contributed by atoms with Crippen molar-refractivity contribution in [3.63, 3.8) is 0 Å². The molecule has 1 heterocycles. The average Bonchev–Trinajstić information content (AvgIpc) is 3.15. The summed E-state index contributed by atoms with van der Waals surface area (Å²) >= 11 is 0. The predicted molar refractivity (Wildman–Crippen MR) is 113 cm³/mol. The molecule has 1 aromatic carbocycles. The van der Waals surface area contributed by atoms with Gasteiger partial charge in [-0.15, -0.1) is 0 Å². The lowest BCUT2D eigenvalue weighted by Gasteiger charge is -2.32. The van der Waals surface area contributed by atoms with Crippen LogP contribution in [-0.4, -0.2) is 41.9 Å².